The second-order valence-corrected chi connectivity index (χ2v) is 7.17. The maximum absolute atomic E-state index is 12.4. The number of rotatable bonds is 6. The fourth-order valence-electron chi connectivity index (χ4n) is 2.49. The van der Waals surface area contributed by atoms with Crippen LogP contribution in [0.3, 0.4) is 0 Å². The van der Waals surface area contributed by atoms with Gasteiger partial charge in [0.25, 0.3) is 5.91 Å². The Hall–Kier alpha value is -1.84. The normalized spacial score (nSPS) is 13.0. The molecule has 1 unspecified atom stereocenters. The molecule has 0 radical (unpaired) electrons. The molecule has 0 bridgehead atoms. The minimum atomic E-state index is -0.863. The van der Waals surface area contributed by atoms with Crippen molar-refractivity contribution in [3.05, 3.63) is 35.4 Å². The van der Waals surface area contributed by atoms with E-state index in [1.54, 1.807) is 6.07 Å². The number of hydrogen-bond acceptors (Lipinski definition) is 2. The van der Waals surface area contributed by atoms with Gasteiger partial charge in [-0.3, -0.25) is 9.59 Å². The molecule has 0 aromatic heterocycles. The predicted molar refractivity (Wildman–Crippen MR) is 88.1 cm³/mol. The first-order valence-electron chi connectivity index (χ1n) is 7.73. The summed E-state index contributed by atoms with van der Waals surface area (Å²) in [6.07, 6.45) is 0.552. The molecule has 4 heteroatoms. The molecule has 1 aromatic rings. The van der Waals surface area contributed by atoms with Crippen molar-refractivity contribution in [2.45, 2.75) is 46.5 Å². The first-order chi connectivity index (χ1) is 10.1. The van der Waals surface area contributed by atoms with E-state index < -0.39 is 11.9 Å². The highest BCUT2D eigenvalue weighted by Gasteiger charge is 2.23. The van der Waals surface area contributed by atoms with Crippen molar-refractivity contribution in [3.8, 4) is 0 Å². The van der Waals surface area contributed by atoms with E-state index in [9.17, 15) is 14.7 Å². The summed E-state index contributed by atoms with van der Waals surface area (Å²) in [4.78, 5) is 23.7. The number of nitrogens with one attached hydrogen (secondary N) is 1. The molecule has 1 atom stereocenters. The van der Waals surface area contributed by atoms with Crippen LogP contribution in [0, 0.1) is 11.8 Å². The lowest BCUT2D eigenvalue weighted by Gasteiger charge is -2.23. The van der Waals surface area contributed by atoms with Gasteiger partial charge < -0.3 is 10.4 Å². The highest BCUT2D eigenvalue weighted by molar-refractivity contribution is 5.96. The summed E-state index contributed by atoms with van der Waals surface area (Å²) in [6, 6.07) is 7.47. The van der Waals surface area contributed by atoms with Crippen LogP contribution in [0.4, 0.5) is 0 Å². The largest absolute Gasteiger partial charge is 0.481 e. The predicted octanol–water partition coefficient (Wildman–Crippen LogP) is 3.46. The molecule has 2 N–H and O–H groups in total. The zero-order chi connectivity index (χ0) is 16.9. The zero-order valence-electron chi connectivity index (χ0n) is 14.1. The fraction of sp³-hybridized carbons (Fsp3) is 0.556. The molecule has 122 valence electrons. The summed E-state index contributed by atoms with van der Waals surface area (Å²) in [5.41, 5.74) is 1.44. The van der Waals surface area contributed by atoms with E-state index >= 15 is 0 Å². The van der Waals surface area contributed by atoms with Crippen molar-refractivity contribution in [2.24, 2.45) is 11.8 Å². The average Bonchev–Trinajstić information content (AvgIpc) is 2.41. The number of amides is 1. The van der Waals surface area contributed by atoms with Gasteiger partial charge in [-0.15, -0.1) is 0 Å². The SMILES string of the molecule is CC(C)CC(CNC(=O)c1ccccc1C(C)(C)C)C(=O)O. The minimum absolute atomic E-state index is 0.141. The van der Waals surface area contributed by atoms with Crippen molar-refractivity contribution >= 4 is 11.9 Å². The molecule has 1 aromatic carbocycles. The number of carboxylic acid groups (broad SMARTS) is 1. The van der Waals surface area contributed by atoms with Gasteiger partial charge in [-0.05, 0) is 29.4 Å². The van der Waals surface area contributed by atoms with Crippen LogP contribution in [0.25, 0.3) is 0 Å². The number of aliphatic carboxylic acids is 1. The van der Waals surface area contributed by atoms with Gasteiger partial charge >= 0.3 is 5.97 Å². The number of benzene rings is 1. The molecule has 22 heavy (non-hydrogen) atoms. The van der Waals surface area contributed by atoms with Gasteiger partial charge in [0, 0.05) is 12.1 Å². The van der Waals surface area contributed by atoms with Crippen molar-refractivity contribution < 1.29 is 14.7 Å². The molecular formula is C18H27NO3. The quantitative estimate of drug-likeness (QED) is 0.846. The standard InChI is InChI=1S/C18H27NO3/c1-12(2)10-13(17(21)22)11-19-16(20)14-8-6-7-9-15(14)18(3,4)5/h6-9,12-13H,10-11H2,1-5H3,(H,19,20)(H,21,22). The summed E-state index contributed by atoms with van der Waals surface area (Å²) in [6.45, 7) is 10.3. The van der Waals surface area contributed by atoms with Crippen molar-refractivity contribution in [1.82, 2.24) is 5.32 Å². The van der Waals surface area contributed by atoms with E-state index in [2.05, 4.69) is 26.1 Å². The Labute approximate surface area is 132 Å². The van der Waals surface area contributed by atoms with Gasteiger partial charge in [-0.1, -0.05) is 52.8 Å². The van der Waals surface area contributed by atoms with E-state index in [4.69, 9.17) is 0 Å². The molecule has 0 heterocycles. The molecule has 1 rings (SSSR count). The van der Waals surface area contributed by atoms with Crippen molar-refractivity contribution in [1.29, 1.82) is 0 Å². The van der Waals surface area contributed by atoms with Gasteiger partial charge in [-0.2, -0.15) is 0 Å². The van der Waals surface area contributed by atoms with Crippen LogP contribution in [0.2, 0.25) is 0 Å². The Morgan fingerprint density at radius 1 is 1.18 bits per heavy atom. The molecule has 1 amide bonds. The molecule has 4 nitrogen and oxygen atoms in total. The first kappa shape index (κ1) is 18.2. The Bertz CT molecular complexity index is 529. The van der Waals surface area contributed by atoms with Gasteiger partial charge in [0.2, 0.25) is 0 Å². The number of carbonyl (C=O) groups excluding carboxylic acids is 1. The lowest BCUT2D eigenvalue weighted by molar-refractivity contribution is -0.142. The highest BCUT2D eigenvalue weighted by atomic mass is 16.4. The zero-order valence-corrected chi connectivity index (χ0v) is 14.1. The van der Waals surface area contributed by atoms with Gasteiger partial charge in [-0.25, -0.2) is 0 Å². The summed E-state index contributed by atoms with van der Waals surface area (Å²) in [7, 11) is 0. The Kier molecular flexibility index (Phi) is 6.15. The van der Waals surface area contributed by atoms with E-state index in [0.29, 0.717) is 12.0 Å². The van der Waals surface area contributed by atoms with E-state index in [1.807, 2.05) is 32.0 Å². The lowest BCUT2D eigenvalue weighted by Crippen LogP contribution is -2.34. The number of hydrogen-bond donors (Lipinski definition) is 2. The molecule has 0 fully saturated rings. The first-order valence-corrected chi connectivity index (χ1v) is 7.73. The average molecular weight is 305 g/mol. The van der Waals surface area contributed by atoms with Crippen molar-refractivity contribution in [3.63, 3.8) is 0 Å². The maximum atomic E-state index is 12.4. The van der Waals surface area contributed by atoms with Gasteiger partial charge in [0.1, 0.15) is 0 Å². The minimum Gasteiger partial charge on any atom is -0.481 e. The maximum Gasteiger partial charge on any atom is 0.308 e. The fourth-order valence-corrected chi connectivity index (χ4v) is 2.49. The van der Waals surface area contributed by atoms with E-state index in [-0.39, 0.29) is 23.8 Å². The van der Waals surface area contributed by atoms with Crippen molar-refractivity contribution in [2.75, 3.05) is 6.54 Å². The molecule has 0 saturated heterocycles. The molecule has 0 spiro atoms. The van der Waals surface area contributed by atoms with E-state index in [1.165, 1.54) is 0 Å². The van der Waals surface area contributed by atoms with Crippen LogP contribution in [0.15, 0.2) is 24.3 Å². The van der Waals surface area contributed by atoms with E-state index in [0.717, 1.165) is 5.56 Å². The molecule has 0 aliphatic rings. The van der Waals surface area contributed by atoms with Gasteiger partial charge in [0.15, 0.2) is 0 Å². The van der Waals surface area contributed by atoms with Crippen LogP contribution in [-0.4, -0.2) is 23.5 Å². The van der Waals surface area contributed by atoms with Crippen LogP contribution in [0.5, 0.6) is 0 Å². The second-order valence-electron chi connectivity index (χ2n) is 7.17. The Morgan fingerprint density at radius 3 is 2.27 bits per heavy atom. The molecule has 0 aliphatic heterocycles. The summed E-state index contributed by atoms with van der Waals surface area (Å²) in [5, 5.41) is 12.0. The lowest BCUT2D eigenvalue weighted by atomic mass is 9.83. The van der Waals surface area contributed by atoms with Crippen LogP contribution < -0.4 is 5.32 Å². The number of carbonyl (C=O) groups is 2. The number of carboxylic acids is 1. The van der Waals surface area contributed by atoms with Crippen LogP contribution >= 0.6 is 0 Å². The molecule has 0 saturated carbocycles. The van der Waals surface area contributed by atoms with Gasteiger partial charge in [0.05, 0.1) is 5.92 Å². The molecular weight excluding hydrogens is 278 g/mol. The Morgan fingerprint density at radius 2 is 1.77 bits per heavy atom. The summed E-state index contributed by atoms with van der Waals surface area (Å²) in [5.74, 6) is -1.34. The van der Waals surface area contributed by atoms with Crippen LogP contribution in [0.1, 0.15) is 57.0 Å². The topological polar surface area (TPSA) is 66.4 Å². The summed E-state index contributed by atoms with van der Waals surface area (Å²) < 4.78 is 0. The molecule has 0 aliphatic carbocycles. The van der Waals surface area contributed by atoms with Crippen LogP contribution in [-0.2, 0) is 10.2 Å². The third-order valence-electron chi connectivity index (χ3n) is 3.59. The summed E-state index contributed by atoms with van der Waals surface area (Å²) >= 11 is 0. The second kappa shape index (κ2) is 7.43. The third kappa shape index (κ3) is 5.17. The monoisotopic (exact) mass is 305 g/mol. The third-order valence-corrected chi connectivity index (χ3v) is 3.59. The highest BCUT2D eigenvalue weighted by Crippen LogP contribution is 2.25. The Balaban J connectivity index is 2.84. The smallest absolute Gasteiger partial charge is 0.308 e.